The van der Waals surface area contributed by atoms with E-state index in [-0.39, 0.29) is 0 Å². The lowest BCUT2D eigenvalue weighted by Gasteiger charge is -2.36. The highest BCUT2D eigenvalue weighted by Crippen LogP contribution is 2.14. The molecule has 0 unspecified atom stereocenters. The molecular weight excluding hydrogens is 230 g/mol. The van der Waals surface area contributed by atoms with Crippen LogP contribution in [0.25, 0.3) is 0 Å². The molecule has 2 atom stereocenters. The molecule has 6 nitrogen and oxygen atoms in total. The minimum atomic E-state index is 0.293. The molecule has 0 bridgehead atoms. The number of nitrogens with zero attached hydrogens (tertiary/aromatic N) is 5. The van der Waals surface area contributed by atoms with Crippen LogP contribution < -0.4 is 0 Å². The summed E-state index contributed by atoms with van der Waals surface area (Å²) >= 11 is 0. The Morgan fingerprint density at radius 1 is 1.39 bits per heavy atom. The third-order valence-corrected chi connectivity index (χ3v) is 3.41. The van der Waals surface area contributed by atoms with Crippen LogP contribution in [0.5, 0.6) is 0 Å². The van der Waals surface area contributed by atoms with Crippen molar-refractivity contribution in [2.75, 3.05) is 13.2 Å². The van der Waals surface area contributed by atoms with Crippen molar-refractivity contribution < 1.29 is 4.74 Å². The first-order valence-corrected chi connectivity index (χ1v) is 6.81. The van der Waals surface area contributed by atoms with Crippen LogP contribution in [0.4, 0.5) is 0 Å². The van der Waals surface area contributed by atoms with Gasteiger partial charge in [-0.05, 0) is 30.7 Å². The predicted octanol–water partition coefficient (Wildman–Crippen LogP) is 1.08. The van der Waals surface area contributed by atoms with Crippen LogP contribution in [-0.2, 0) is 17.8 Å². The second-order valence-corrected chi connectivity index (χ2v) is 5.09. The Morgan fingerprint density at radius 2 is 2.22 bits per heavy atom. The molecule has 1 aromatic heterocycles. The summed E-state index contributed by atoms with van der Waals surface area (Å²) in [6.45, 7) is 9.93. The fourth-order valence-electron chi connectivity index (χ4n) is 2.19. The molecule has 1 aliphatic heterocycles. The maximum atomic E-state index is 5.63. The van der Waals surface area contributed by atoms with Crippen LogP contribution in [0.1, 0.15) is 39.4 Å². The zero-order valence-electron chi connectivity index (χ0n) is 11.5. The number of hydrogen-bond acceptors (Lipinski definition) is 5. The van der Waals surface area contributed by atoms with Crippen LogP contribution in [0.2, 0.25) is 0 Å². The molecule has 0 spiro atoms. The SMILES string of the molecule is CCCCn1nnnc1CN1C[C@@H](C)OC[C@H]1C. The molecule has 0 saturated carbocycles. The minimum Gasteiger partial charge on any atom is -0.376 e. The van der Waals surface area contributed by atoms with Gasteiger partial charge in [-0.3, -0.25) is 4.90 Å². The van der Waals surface area contributed by atoms with Gasteiger partial charge in [0, 0.05) is 19.1 Å². The summed E-state index contributed by atoms with van der Waals surface area (Å²) in [6, 6.07) is 0.428. The quantitative estimate of drug-likeness (QED) is 0.786. The average molecular weight is 253 g/mol. The number of aromatic nitrogens is 4. The monoisotopic (exact) mass is 253 g/mol. The molecule has 2 heterocycles. The van der Waals surface area contributed by atoms with Crippen molar-refractivity contribution in [3.05, 3.63) is 5.82 Å². The fourth-order valence-corrected chi connectivity index (χ4v) is 2.19. The molecule has 1 aromatic rings. The Balaban J connectivity index is 1.97. The van der Waals surface area contributed by atoms with E-state index in [1.54, 1.807) is 0 Å². The molecule has 0 aromatic carbocycles. The highest BCUT2D eigenvalue weighted by molar-refractivity contribution is 4.85. The van der Waals surface area contributed by atoms with Gasteiger partial charge in [0.05, 0.1) is 19.3 Å². The lowest BCUT2D eigenvalue weighted by molar-refractivity contribution is -0.0539. The molecule has 0 aliphatic carbocycles. The largest absolute Gasteiger partial charge is 0.376 e. The topological polar surface area (TPSA) is 56.1 Å². The Kier molecular flexibility index (Phi) is 4.66. The third kappa shape index (κ3) is 3.26. The highest BCUT2D eigenvalue weighted by atomic mass is 16.5. The number of ether oxygens (including phenoxy) is 1. The average Bonchev–Trinajstić information content (AvgIpc) is 2.79. The Hall–Kier alpha value is -1.01. The summed E-state index contributed by atoms with van der Waals surface area (Å²) in [5.74, 6) is 0.962. The summed E-state index contributed by atoms with van der Waals surface area (Å²) in [4.78, 5) is 2.39. The summed E-state index contributed by atoms with van der Waals surface area (Å²) < 4.78 is 7.56. The van der Waals surface area contributed by atoms with E-state index in [4.69, 9.17) is 4.74 Å². The number of rotatable bonds is 5. The van der Waals surface area contributed by atoms with Crippen LogP contribution in [0.15, 0.2) is 0 Å². The Labute approximate surface area is 108 Å². The van der Waals surface area contributed by atoms with Crippen LogP contribution in [-0.4, -0.2) is 50.4 Å². The van der Waals surface area contributed by atoms with E-state index in [2.05, 4.69) is 41.2 Å². The van der Waals surface area contributed by atoms with Crippen molar-refractivity contribution in [3.8, 4) is 0 Å². The molecule has 0 amide bonds. The second kappa shape index (κ2) is 6.24. The van der Waals surface area contributed by atoms with Gasteiger partial charge in [-0.1, -0.05) is 13.3 Å². The Bertz CT molecular complexity index is 367. The van der Waals surface area contributed by atoms with Gasteiger partial charge in [0.25, 0.3) is 0 Å². The number of unbranched alkanes of at least 4 members (excludes halogenated alkanes) is 1. The maximum Gasteiger partial charge on any atom is 0.165 e. The first-order valence-electron chi connectivity index (χ1n) is 6.81. The van der Waals surface area contributed by atoms with Crippen LogP contribution in [0, 0.1) is 0 Å². The van der Waals surface area contributed by atoms with Gasteiger partial charge < -0.3 is 4.74 Å². The van der Waals surface area contributed by atoms with Gasteiger partial charge >= 0.3 is 0 Å². The summed E-state index contributed by atoms with van der Waals surface area (Å²) in [5.41, 5.74) is 0. The minimum absolute atomic E-state index is 0.293. The van der Waals surface area contributed by atoms with Gasteiger partial charge in [0.15, 0.2) is 5.82 Å². The standard InChI is InChI=1S/C12H23N5O/c1-4-5-6-17-12(13-14-15-17)8-16-7-11(3)18-9-10(16)2/h10-11H,4-9H2,1-3H3/t10-,11-/m1/s1. The van der Waals surface area contributed by atoms with Crippen LogP contribution >= 0.6 is 0 Å². The molecule has 0 radical (unpaired) electrons. The molecular formula is C12H23N5O. The molecule has 1 aliphatic rings. The van der Waals surface area contributed by atoms with Crippen molar-refractivity contribution in [3.63, 3.8) is 0 Å². The van der Waals surface area contributed by atoms with E-state index in [1.165, 1.54) is 0 Å². The van der Waals surface area contributed by atoms with Crippen molar-refractivity contribution in [2.24, 2.45) is 0 Å². The molecule has 6 heteroatoms. The van der Waals surface area contributed by atoms with Crippen LogP contribution in [0.3, 0.4) is 0 Å². The fraction of sp³-hybridized carbons (Fsp3) is 0.917. The zero-order valence-corrected chi connectivity index (χ0v) is 11.5. The number of tetrazole rings is 1. The van der Waals surface area contributed by atoms with E-state index in [0.29, 0.717) is 12.1 Å². The van der Waals surface area contributed by atoms with Gasteiger partial charge in [-0.25, -0.2) is 4.68 Å². The van der Waals surface area contributed by atoms with E-state index in [1.807, 2.05) is 4.68 Å². The lowest BCUT2D eigenvalue weighted by Crippen LogP contribution is -2.47. The van der Waals surface area contributed by atoms with E-state index < -0.39 is 0 Å². The number of aryl methyl sites for hydroxylation is 1. The molecule has 102 valence electrons. The van der Waals surface area contributed by atoms with Gasteiger partial charge in [-0.2, -0.15) is 0 Å². The Morgan fingerprint density at radius 3 is 3.00 bits per heavy atom. The predicted molar refractivity (Wildman–Crippen MR) is 68.0 cm³/mol. The third-order valence-electron chi connectivity index (χ3n) is 3.41. The van der Waals surface area contributed by atoms with Gasteiger partial charge in [0.1, 0.15) is 0 Å². The van der Waals surface area contributed by atoms with E-state index in [9.17, 15) is 0 Å². The van der Waals surface area contributed by atoms with Gasteiger partial charge in [0.2, 0.25) is 0 Å². The number of morpholine rings is 1. The van der Waals surface area contributed by atoms with Crippen molar-refractivity contribution >= 4 is 0 Å². The van der Waals surface area contributed by atoms with E-state index in [0.717, 1.165) is 44.9 Å². The van der Waals surface area contributed by atoms with E-state index >= 15 is 0 Å². The van der Waals surface area contributed by atoms with Crippen molar-refractivity contribution in [2.45, 2.75) is 58.8 Å². The van der Waals surface area contributed by atoms with Gasteiger partial charge in [-0.15, -0.1) is 5.10 Å². The maximum absolute atomic E-state index is 5.63. The highest BCUT2D eigenvalue weighted by Gasteiger charge is 2.24. The van der Waals surface area contributed by atoms with Crippen molar-refractivity contribution in [1.29, 1.82) is 0 Å². The zero-order chi connectivity index (χ0) is 13.0. The molecule has 2 rings (SSSR count). The normalized spacial score (nSPS) is 25.5. The second-order valence-electron chi connectivity index (χ2n) is 5.09. The molecule has 18 heavy (non-hydrogen) atoms. The van der Waals surface area contributed by atoms with Crippen molar-refractivity contribution in [1.82, 2.24) is 25.1 Å². The molecule has 0 N–H and O–H groups in total. The lowest BCUT2D eigenvalue weighted by atomic mass is 10.2. The smallest absolute Gasteiger partial charge is 0.165 e. The molecule has 1 saturated heterocycles. The first kappa shape index (κ1) is 13.4. The molecule has 1 fully saturated rings. The first-order chi connectivity index (χ1) is 8.70. The summed E-state index contributed by atoms with van der Waals surface area (Å²) in [6.07, 6.45) is 2.57. The summed E-state index contributed by atoms with van der Waals surface area (Å²) in [7, 11) is 0. The number of hydrogen-bond donors (Lipinski definition) is 0. The summed E-state index contributed by atoms with van der Waals surface area (Å²) in [5, 5.41) is 12.0.